The second-order valence-corrected chi connectivity index (χ2v) is 21.0. The number of hydrogen-bond donors (Lipinski definition) is 17. The van der Waals surface area contributed by atoms with Gasteiger partial charge in [0.1, 0.15) is 54.6 Å². The summed E-state index contributed by atoms with van der Waals surface area (Å²) in [6.07, 6.45) is 3.81. The molecule has 9 amide bonds. The summed E-state index contributed by atoms with van der Waals surface area (Å²) in [5.41, 5.74) is 18.9. The minimum atomic E-state index is -1.79. The highest BCUT2D eigenvalue weighted by Crippen LogP contribution is 2.22. The predicted octanol–water partition coefficient (Wildman–Crippen LogP) is -3.87. The fraction of sp³-hybridized carbons (Fsp3) is 0.473. The molecule has 31 nitrogen and oxygen atoms in total. The zero-order valence-electron chi connectivity index (χ0n) is 47.5. The number of nitrogens with two attached hydrogens (primary N) is 3. The SMILES string of the molecule is CC(C)CC(NC(=O)CNC(=O)C(Cc1ccc(O)cc1)NC(=O)C(CO)NC(=O)C(Cc1c[nH]c2ccccc12)NC(=O)C(Cc1cnc[nH]1)NC(=O)C(N)CCC(=O)O)C(=O)NC(CCCN=C(N)N)C(=O)N1CCCC1C(=O)NCC(=O)O. The van der Waals surface area contributed by atoms with Gasteiger partial charge in [-0.15, -0.1) is 0 Å². The van der Waals surface area contributed by atoms with Gasteiger partial charge in [0.15, 0.2) is 5.96 Å². The van der Waals surface area contributed by atoms with Gasteiger partial charge in [0.25, 0.3) is 0 Å². The number of carboxylic acids is 2. The van der Waals surface area contributed by atoms with Crippen LogP contribution in [0.2, 0.25) is 0 Å². The number of nitrogens with one attached hydrogen (secondary N) is 10. The molecule has 1 aliphatic rings. The minimum Gasteiger partial charge on any atom is -0.508 e. The van der Waals surface area contributed by atoms with E-state index in [2.05, 4.69) is 62.5 Å². The molecule has 5 rings (SSSR count). The second-order valence-electron chi connectivity index (χ2n) is 21.0. The van der Waals surface area contributed by atoms with Gasteiger partial charge in [0, 0.05) is 67.8 Å². The first-order valence-corrected chi connectivity index (χ1v) is 27.7. The Labute approximate surface area is 493 Å². The number of imidazole rings is 1. The zero-order valence-corrected chi connectivity index (χ0v) is 47.5. The molecule has 1 aliphatic heterocycles. The Balaban J connectivity index is 1.33. The number of aliphatic hydroxyl groups excluding tert-OH is 1. The van der Waals surface area contributed by atoms with E-state index in [0.29, 0.717) is 34.1 Å². The summed E-state index contributed by atoms with van der Waals surface area (Å²) in [7, 11) is 0. The Morgan fingerprint density at radius 3 is 1.98 bits per heavy atom. The number of H-pyrrole nitrogens is 2. The summed E-state index contributed by atoms with van der Waals surface area (Å²) >= 11 is 0. The fourth-order valence-corrected chi connectivity index (χ4v) is 9.39. The van der Waals surface area contributed by atoms with E-state index in [-0.39, 0.29) is 82.1 Å². The van der Waals surface area contributed by atoms with Crippen LogP contribution in [-0.2, 0) is 72.0 Å². The zero-order chi connectivity index (χ0) is 63.0. The molecule has 0 aliphatic carbocycles. The number of phenols is 1. The number of aliphatic hydroxyl groups is 1. The Morgan fingerprint density at radius 1 is 0.709 bits per heavy atom. The van der Waals surface area contributed by atoms with Gasteiger partial charge in [-0.25, -0.2) is 4.98 Å². The van der Waals surface area contributed by atoms with Crippen LogP contribution in [0.4, 0.5) is 0 Å². The smallest absolute Gasteiger partial charge is 0.322 e. The standard InChI is InChI=1S/C55H76N16O15/c1-29(2)19-38(49(81)66-37(9-5-17-60-55(57)58)54(86)71-18-6-10-43(71)53(85)63-26-46(77)78)65-44(74)25-62-48(80)39(20-30-11-13-33(73)14-12-30)68-52(84)42(27-72)70-50(82)40(21-31-23-61-36-8-4-3-7-34(31)36)69-51(83)41(22-32-24-59-28-64-32)67-47(79)35(56)15-16-45(75)76/h3-4,7-8,11-14,23-24,28-29,35,37-43,61,72-73H,5-6,9-10,15-22,25-27,56H2,1-2H3,(H,59,64)(H,62,80)(H,63,85)(H,65,74)(H,66,81)(H,67,79)(H,68,84)(H,69,83)(H,70,82)(H,75,76)(H,77,78)(H4,57,58,60). The van der Waals surface area contributed by atoms with Crippen molar-refractivity contribution in [3.05, 3.63) is 84.1 Å². The first-order valence-electron chi connectivity index (χ1n) is 27.7. The number of carbonyl (C=O) groups is 11. The molecule has 1 saturated heterocycles. The van der Waals surface area contributed by atoms with Crippen molar-refractivity contribution in [2.45, 2.75) is 126 Å². The molecule has 0 bridgehead atoms. The predicted molar refractivity (Wildman–Crippen MR) is 307 cm³/mol. The molecule has 1 fully saturated rings. The van der Waals surface area contributed by atoms with Crippen LogP contribution in [0.15, 0.2) is 72.2 Å². The van der Waals surface area contributed by atoms with Crippen LogP contribution in [0.5, 0.6) is 5.75 Å². The number of guanidine groups is 1. The maximum Gasteiger partial charge on any atom is 0.322 e. The van der Waals surface area contributed by atoms with E-state index in [9.17, 15) is 63.0 Å². The first kappa shape index (κ1) is 67.1. The Morgan fingerprint density at radius 2 is 1.34 bits per heavy atom. The third-order valence-corrected chi connectivity index (χ3v) is 13.8. The Kier molecular flexibility index (Phi) is 25.8. The van der Waals surface area contributed by atoms with Crippen molar-refractivity contribution in [3.63, 3.8) is 0 Å². The molecule has 8 atom stereocenters. The van der Waals surface area contributed by atoms with Crippen LogP contribution in [0, 0.1) is 5.92 Å². The molecular formula is C55H76N16O15. The highest BCUT2D eigenvalue weighted by Gasteiger charge is 2.39. The number of aromatic nitrogens is 3. The number of aromatic amines is 2. The molecule has 8 unspecified atom stereocenters. The summed E-state index contributed by atoms with van der Waals surface area (Å²) in [4.78, 5) is 162. The molecule has 466 valence electrons. The number of hydrogen-bond acceptors (Lipinski definition) is 16. The molecule has 3 heterocycles. The maximum atomic E-state index is 14.4. The first-order chi connectivity index (χ1) is 40.9. The number of rotatable bonds is 34. The van der Waals surface area contributed by atoms with Gasteiger partial charge in [0.05, 0.1) is 25.5 Å². The van der Waals surface area contributed by atoms with Gasteiger partial charge in [-0.2, -0.15) is 0 Å². The lowest BCUT2D eigenvalue weighted by atomic mass is 10.0. The quantitative estimate of drug-likeness (QED) is 0.0121. The Hall–Kier alpha value is -9.65. The molecule has 31 heteroatoms. The minimum absolute atomic E-state index is 0.0126. The molecule has 0 saturated carbocycles. The number of aliphatic imine (C=N–C) groups is 1. The summed E-state index contributed by atoms with van der Waals surface area (Å²) < 4.78 is 0. The van der Waals surface area contributed by atoms with Gasteiger partial charge >= 0.3 is 11.9 Å². The third-order valence-electron chi connectivity index (χ3n) is 13.8. The maximum absolute atomic E-state index is 14.4. The molecule has 4 aromatic rings. The number of phenolic OH excluding ortho intramolecular Hbond substituents is 1. The lowest BCUT2D eigenvalue weighted by molar-refractivity contribution is -0.143. The van der Waals surface area contributed by atoms with Gasteiger partial charge in [0.2, 0.25) is 53.2 Å². The monoisotopic (exact) mass is 1200 g/mol. The number of carboxylic acid groups (broad SMARTS) is 2. The van der Waals surface area contributed by atoms with E-state index < -0.39 is 140 Å². The van der Waals surface area contributed by atoms with Crippen molar-refractivity contribution in [1.82, 2.24) is 62.4 Å². The lowest BCUT2D eigenvalue weighted by Crippen LogP contribution is -2.60. The number of aromatic hydroxyl groups is 1. The number of benzene rings is 2. The number of amides is 9. The average molecular weight is 1200 g/mol. The van der Waals surface area contributed by atoms with Gasteiger partial charge in [-0.05, 0) is 73.8 Å². The van der Waals surface area contributed by atoms with E-state index in [1.54, 1.807) is 44.3 Å². The second kappa shape index (κ2) is 33.0. The van der Waals surface area contributed by atoms with E-state index in [1.165, 1.54) is 41.7 Å². The van der Waals surface area contributed by atoms with Gasteiger partial charge in [-0.1, -0.05) is 44.2 Å². The van der Waals surface area contributed by atoms with Crippen molar-refractivity contribution < 1.29 is 73.2 Å². The topological polar surface area (TPSA) is 503 Å². The normalized spacial score (nSPS) is 15.3. The molecule has 2 aromatic heterocycles. The van der Waals surface area contributed by atoms with Crippen molar-refractivity contribution in [2.75, 3.05) is 32.8 Å². The summed E-state index contributed by atoms with van der Waals surface area (Å²) in [6.45, 7) is 1.24. The highest BCUT2D eigenvalue weighted by atomic mass is 16.4. The summed E-state index contributed by atoms with van der Waals surface area (Å²) in [5.74, 6) is -10.9. The molecule has 86 heavy (non-hydrogen) atoms. The van der Waals surface area contributed by atoms with E-state index in [4.69, 9.17) is 27.4 Å². The number of nitrogens with zero attached hydrogens (tertiary/aromatic N) is 3. The highest BCUT2D eigenvalue weighted by molar-refractivity contribution is 5.98. The van der Waals surface area contributed by atoms with Crippen molar-refractivity contribution in [1.29, 1.82) is 0 Å². The number of para-hydroxylation sites is 1. The number of likely N-dealkylation sites (tertiary alicyclic amines) is 1. The summed E-state index contributed by atoms with van der Waals surface area (Å²) in [5, 5.41) is 59.6. The molecular weight excluding hydrogens is 1120 g/mol. The van der Waals surface area contributed by atoms with Crippen LogP contribution in [0.1, 0.15) is 75.6 Å². The number of carbonyl (C=O) groups excluding carboxylic acids is 9. The lowest BCUT2D eigenvalue weighted by Gasteiger charge is -2.30. The largest absolute Gasteiger partial charge is 0.508 e. The van der Waals surface area contributed by atoms with Crippen LogP contribution in [0.3, 0.4) is 0 Å². The van der Waals surface area contributed by atoms with Crippen LogP contribution in [-0.4, -0.2) is 192 Å². The van der Waals surface area contributed by atoms with E-state index in [0.717, 1.165) is 0 Å². The van der Waals surface area contributed by atoms with E-state index in [1.807, 2.05) is 0 Å². The van der Waals surface area contributed by atoms with E-state index >= 15 is 0 Å². The molecule has 0 radical (unpaired) electrons. The third kappa shape index (κ3) is 21.2. The Bertz CT molecular complexity index is 3040. The summed E-state index contributed by atoms with van der Waals surface area (Å²) in [6, 6.07) is 1.44. The van der Waals surface area contributed by atoms with Crippen LogP contribution in [0.25, 0.3) is 10.9 Å². The molecule has 20 N–H and O–H groups in total. The van der Waals surface area contributed by atoms with Crippen molar-refractivity contribution >= 4 is 82.0 Å². The van der Waals surface area contributed by atoms with Gasteiger partial charge in [-0.3, -0.25) is 57.7 Å². The van der Waals surface area contributed by atoms with Crippen LogP contribution < -0.4 is 59.7 Å². The van der Waals surface area contributed by atoms with Crippen molar-refractivity contribution in [3.8, 4) is 5.75 Å². The average Bonchev–Trinajstić information content (AvgIpc) is 2.50. The number of aliphatic carboxylic acids is 2. The molecule has 2 aromatic carbocycles. The van der Waals surface area contributed by atoms with Gasteiger partial charge < -0.3 is 95.0 Å². The molecule has 0 spiro atoms. The fourth-order valence-electron chi connectivity index (χ4n) is 9.39. The van der Waals surface area contributed by atoms with Crippen molar-refractivity contribution in [2.24, 2.45) is 28.1 Å². The van der Waals surface area contributed by atoms with Crippen LogP contribution >= 0.6 is 0 Å². The number of fused-ring (bicyclic) bond motifs is 1.